The van der Waals surface area contributed by atoms with Gasteiger partial charge in [0.05, 0.1) is 23.2 Å². The summed E-state index contributed by atoms with van der Waals surface area (Å²) in [6.07, 6.45) is 7.10. The number of aromatic nitrogens is 4. The first kappa shape index (κ1) is 13.9. The van der Waals surface area contributed by atoms with Crippen molar-refractivity contribution in [3.05, 3.63) is 60.8 Å². The lowest BCUT2D eigenvalue weighted by Gasteiger charge is -2.02. The van der Waals surface area contributed by atoms with Crippen molar-refractivity contribution >= 4 is 32.5 Å². The summed E-state index contributed by atoms with van der Waals surface area (Å²) >= 11 is 1.56. The molecule has 0 amide bonds. The Bertz CT molecular complexity index is 948. The second-order valence-corrected chi connectivity index (χ2v) is 6.00. The summed E-state index contributed by atoms with van der Waals surface area (Å²) in [6.45, 7) is -0.00862. The lowest BCUT2D eigenvalue weighted by Crippen LogP contribution is -1.94. The lowest BCUT2D eigenvalue weighted by molar-refractivity contribution is 0.282. The Morgan fingerprint density at radius 1 is 1.17 bits per heavy atom. The average molecular weight is 323 g/mol. The monoisotopic (exact) mass is 323 g/mol. The molecule has 0 saturated carbocycles. The van der Waals surface area contributed by atoms with E-state index >= 15 is 0 Å². The van der Waals surface area contributed by atoms with Crippen LogP contribution in [0, 0.1) is 0 Å². The number of aliphatic hydroxyl groups excluding tert-OH is 1. The standard InChI is InChI=1S/C16H13N5OS/c22-9-11-3-4-18-15(7-11)20-16-19-13-2-1-12(8-14(13)23-16)21-6-5-17-10-21/h1-8,10,22H,9H2,(H,18,19,20). The SMILES string of the molecule is OCc1ccnc(Nc2nc3ccc(-n4ccnc4)cc3s2)c1. The van der Waals surface area contributed by atoms with E-state index in [0.717, 1.165) is 26.6 Å². The summed E-state index contributed by atoms with van der Waals surface area (Å²) in [4.78, 5) is 12.9. The number of pyridine rings is 1. The predicted octanol–water partition coefficient (Wildman–Crippen LogP) is 3.11. The molecule has 0 aliphatic carbocycles. The van der Waals surface area contributed by atoms with Crippen LogP contribution < -0.4 is 5.32 Å². The number of anilines is 2. The molecule has 0 spiro atoms. The van der Waals surface area contributed by atoms with Gasteiger partial charge < -0.3 is 15.0 Å². The number of hydrogen-bond donors (Lipinski definition) is 2. The second kappa shape index (κ2) is 5.79. The van der Waals surface area contributed by atoms with Gasteiger partial charge in [-0.05, 0) is 35.9 Å². The Hall–Kier alpha value is -2.77. The minimum atomic E-state index is -0.00862. The van der Waals surface area contributed by atoms with Gasteiger partial charge in [-0.1, -0.05) is 11.3 Å². The van der Waals surface area contributed by atoms with Crippen molar-refractivity contribution in [2.45, 2.75) is 6.61 Å². The van der Waals surface area contributed by atoms with E-state index < -0.39 is 0 Å². The van der Waals surface area contributed by atoms with Gasteiger partial charge >= 0.3 is 0 Å². The van der Waals surface area contributed by atoms with Gasteiger partial charge in [0.25, 0.3) is 0 Å². The van der Waals surface area contributed by atoms with Crippen LogP contribution in [0.1, 0.15) is 5.56 Å². The van der Waals surface area contributed by atoms with Crippen LogP contribution in [0.2, 0.25) is 0 Å². The molecule has 0 unspecified atom stereocenters. The van der Waals surface area contributed by atoms with Gasteiger partial charge in [0.1, 0.15) is 5.82 Å². The molecular formula is C16H13N5OS. The van der Waals surface area contributed by atoms with Crippen molar-refractivity contribution in [2.24, 2.45) is 0 Å². The van der Waals surface area contributed by atoms with E-state index in [9.17, 15) is 5.11 Å². The maximum absolute atomic E-state index is 9.19. The molecule has 0 bridgehead atoms. The Balaban J connectivity index is 1.66. The molecule has 4 aromatic rings. The maximum atomic E-state index is 9.19. The van der Waals surface area contributed by atoms with Crippen LogP contribution >= 0.6 is 11.3 Å². The largest absolute Gasteiger partial charge is 0.392 e. The molecule has 114 valence electrons. The van der Waals surface area contributed by atoms with Gasteiger partial charge in [-0.2, -0.15) is 0 Å². The smallest absolute Gasteiger partial charge is 0.189 e. The number of imidazole rings is 1. The van der Waals surface area contributed by atoms with E-state index in [1.165, 1.54) is 0 Å². The van der Waals surface area contributed by atoms with Crippen LogP contribution in [0.4, 0.5) is 10.9 Å². The minimum absolute atomic E-state index is 0.00862. The number of nitrogens with zero attached hydrogens (tertiary/aromatic N) is 4. The minimum Gasteiger partial charge on any atom is -0.392 e. The highest BCUT2D eigenvalue weighted by Gasteiger charge is 2.07. The number of thiazole rings is 1. The van der Waals surface area contributed by atoms with Gasteiger partial charge in [0.15, 0.2) is 5.13 Å². The van der Waals surface area contributed by atoms with Crippen LogP contribution in [0.3, 0.4) is 0 Å². The number of rotatable bonds is 4. The van der Waals surface area contributed by atoms with E-state index in [1.54, 1.807) is 36.1 Å². The van der Waals surface area contributed by atoms with Crippen molar-refractivity contribution in [3.8, 4) is 5.69 Å². The van der Waals surface area contributed by atoms with Crippen LogP contribution in [0.25, 0.3) is 15.9 Å². The average Bonchev–Trinajstić information content (AvgIpc) is 3.23. The van der Waals surface area contributed by atoms with Gasteiger partial charge in [-0.25, -0.2) is 15.0 Å². The maximum Gasteiger partial charge on any atom is 0.189 e. The van der Waals surface area contributed by atoms with Crippen LogP contribution in [0.5, 0.6) is 0 Å². The van der Waals surface area contributed by atoms with Crippen molar-refractivity contribution in [1.82, 2.24) is 19.5 Å². The fraction of sp³-hybridized carbons (Fsp3) is 0.0625. The molecule has 1 aromatic carbocycles. The number of nitrogens with one attached hydrogen (secondary N) is 1. The Kier molecular flexibility index (Phi) is 3.49. The molecule has 3 heterocycles. The summed E-state index contributed by atoms with van der Waals surface area (Å²) in [5.41, 5.74) is 2.79. The first-order chi connectivity index (χ1) is 11.3. The van der Waals surface area contributed by atoms with Crippen LogP contribution in [-0.2, 0) is 6.61 Å². The first-order valence-electron chi connectivity index (χ1n) is 7.03. The van der Waals surface area contributed by atoms with E-state index in [2.05, 4.69) is 26.3 Å². The zero-order chi connectivity index (χ0) is 15.6. The van der Waals surface area contributed by atoms with Crippen molar-refractivity contribution in [3.63, 3.8) is 0 Å². The zero-order valence-electron chi connectivity index (χ0n) is 12.0. The first-order valence-corrected chi connectivity index (χ1v) is 7.85. The normalized spacial score (nSPS) is 11.0. The third-order valence-electron chi connectivity index (χ3n) is 3.42. The fourth-order valence-electron chi connectivity index (χ4n) is 2.29. The van der Waals surface area contributed by atoms with Gasteiger partial charge in [-0.15, -0.1) is 0 Å². The van der Waals surface area contributed by atoms with Crippen molar-refractivity contribution in [1.29, 1.82) is 0 Å². The molecule has 4 rings (SSSR count). The van der Waals surface area contributed by atoms with E-state index in [4.69, 9.17) is 0 Å². The van der Waals surface area contributed by atoms with Gasteiger partial charge in [0, 0.05) is 24.3 Å². The number of aliphatic hydroxyl groups is 1. The highest BCUT2D eigenvalue weighted by atomic mass is 32.1. The topological polar surface area (TPSA) is 75.9 Å². The molecule has 0 fully saturated rings. The number of hydrogen-bond acceptors (Lipinski definition) is 6. The molecule has 0 aliphatic heterocycles. The van der Waals surface area contributed by atoms with Gasteiger partial charge in [-0.3, -0.25) is 0 Å². The fourth-order valence-corrected chi connectivity index (χ4v) is 3.20. The Labute approximate surface area is 136 Å². The molecule has 0 atom stereocenters. The molecule has 3 aromatic heterocycles. The van der Waals surface area contributed by atoms with Crippen LogP contribution in [0.15, 0.2) is 55.2 Å². The molecule has 23 heavy (non-hydrogen) atoms. The quantitative estimate of drug-likeness (QED) is 0.603. The summed E-state index contributed by atoms with van der Waals surface area (Å²) < 4.78 is 3.04. The molecule has 7 heteroatoms. The van der Waals surface area contributed by atoms with Crippen molar-refractivity contribution in [2.75, 3.05) is 5.32 Å². The molecule has 0 saturated heterocycles. The van der Waals surface area contributed by atoms with E-state index in [1.807, 2.05) is 29.0 Å². The number of fused-ring (bicyclic) bond motifs is 1. The Morgan fingerprint density at radius 2 is 2.13 bits per heavy atom. The molecular weight excluding hydrogens is 310 g/mol. The van der Waals surface area contributed by atoms with Gasteiger partial charge in [0.2, 0.25) is 0 Å². The lowest BCUT2D eigenvalue weighted by atomic mass is 10.3. The highest BCUT2D eigenvalue weighted by molar-refractivity contribution is 7.22. The summed E-state index contributed by atoms with van der Waals surface area (Å²) in [7, 11) is 0. The second-order valence-electron chi connectivity index (χ2n) is 4.97. The molecule has 0 radical (unpaired) electrons. The molecule has 0 aliphatic rings. The molecule has 2 N–H and O–H groups in total. The summed E-state index contributed by atoms with van der Waals surface area (Å²) in [5.74, 6) is 0.672. The summed E-state index contributed by atoms with van der Waals surface area (Å²) in [5, 5.41) is 13.1. The zero-order valence-corrected chi connectivity index (χ0v) is 12.9. The predicted molar refractivity (Wildman–Crippen MR) is 90.2 cm³/mol. The third kappa shape index (κ3) is 2.79. The van der Waals surface area contributed by atoms with Crippen molar-refractivity contribution < 1.29 is 5.11 Å². The number of benzene rings is 1. The van der Waals surface area contributed by atoms with Crippen LogP contribution in [-0.4, -0.2) is 24.6 Å². The highest BCUT2D eigenvalue weighted by Crippen LogP contribution is 2.29. The summed E-state index contributed by atoms with van der Waals surface area (Å²) in [6, 6.07) is 9.67. The van der Waals surface area contributed by atoms with E-state index in [0.29, 0.717) is 5.82 Å². The van der Waals surface area contributed by atoms with E-state index in [-0.39, 0.29) is 6.61 Å². The molecule has 6 nitrogen and oxygen atoms in total. The Morgan fingerprint density at radius 3 is 2.96 bits per heavy atom. The third-order valence-corrected chi connectivity index (χ3v) is 4.35.